The molecule has 1 saturated carbocycles. The second kappa shape index (κ2) is 4.73. The van der Waals surface area contributed by atoms with E-state index in [0.717, 1.165) is 0 Å². The highest BCUT2D eigenvalue weighted by molar-refractivity contribution is 5.90. The number of hydrogen-bond donors (Lipinski definition) is 3. The number of carboxylic acid groups (broad SMARTS) is 1. The average Bonchev–Trinajstić information content (AvgIpc) is 3.04. The first-order valence-electron chi connectivity index (χ1n) is 5.52. The Kier molecular flexibility index (Phi) is 3.75. The van der Waals surface area contributed by atoms with Crippen LogP contribution < -0.4 is 10.6 Å². The Morgan fingerprint density at radius 1 is 1.29 bits per heavy atom. The molecule has 6 nitrogen and oxygen atoms in total. The maximum absolute atomic E-state index is 11.6. The van der Waals surface area contributed by atoms with Crippen LogP contribution in [0.15, 0.2) is 0 Å². The molecule has 1 aliphatic rings. The summed E-state index contributed by atoms with van der Waals surface area (Å²) in [4.78, 5) is 33.6. The normalized spacial score (nSPS) is 22.8. The van der Waals surface area contributed by atoms with Crippen LogP contribution in [0, 0.1) is 17.3 Å². The third-order valence-corrected chi connectivity index (χ3v) is 2.99. The van der Waals surface area contributed by atoms with Gasteiger partial charge in [0.05, 0.1) is 17.3 Å². The smallest absolute Gasteiger partial charge is 0.307 e. The summed E-state index contributed by atoms with van der Waals surface area (Å²) in [6.07, 6.45) is 0.390. The van der Waals surface area contributed by atoms with E-state index in [0.29, 0.717) is 6.42 Å². The van der Waals surface area contributed by atoms with E-state index in [2.05, 4.69) is 10.6 Å². The molecule has 0 heterocycles. The van der Waals surface area contributed by atoms with Crippen molar-refractivity contribution in [2.24, 2.45) is 17.3 Å². The minimum atomic E-state index is -0.935. The van der Waals surface area contributed by atoms with Gasteiger partial charge in [-0.25, -0.2) is 0 Å². The number of nitrogens with one attached hydrogen (secondary N) is 2. The largest absolute Gasteiger partial charge is 0.481 e. The van der Waals surface area contributed by atoms with Gasteiger partial charge in [0.1, 0.15) is 0 Å². The van der Waals surface area contributed by atoms with Crippen molar-refractivity contribution < 1.29 is 19.5 Å². The summed E-state index contributed by atoms with van der Waals surface area (Å²) in [7, 11) is 1.53. The summed E-state index contributed by atoms with van der Waals surface area (Å²) >= 11 is 0. The molecular formula is C11H18N2O4. The Morgan fingerprint density at radius 2 is 1.88 bits per heavy atom. The molecule has 0 radical (unpaired) electrons. The van der Waals surface area contributed by atoms with Gasteiger partial charge in [-0.2, -0.15) is 0 Å². The van der Waals surface area contributed by atoms with Crippen molar-refractivity contribution in [1.29, 1.82) is 0 Å². The molecule has 17 heavy (non-hydrogen) atoms. The zero-order chi connectivity index (χ0) is 13.2. The summed E-state index contributed by atoms with van der Waals surface area (Å²) in [5, 5.41) is 13.8. The van der Waals surface area contributed by atoms with Crippen LogP contribution in [0.4, 0.5) is 0 Å². The summed E-state index contributed by atoms with van der Waals surface area (Å²) in [6.45, 7) is 3.63. The number of hydrogen-bond acceptors (Lipinski definition) is 3. The van der Waals surface area contributed by atoms with Gasteiger partial charge >= 0.3 is 5.97 Å². The second-order valence-electron chi connectivity index (χ2n) is 4.97. The molecule has 1 aliphatic carbocycles. The fourth-order valence-electron chi connectivity index (χ4n) is 1.62. The van der Waals surface area contributed by atoms with Gasteiger partial charge in [0.2, 0.25) is 11.8 Å². The second-order valence-corrected chi connectivity index (χ2v) is 4.97. The molecular weight excluding hydrogens is 224 g/mol. The lowest BCUT2D eigenvalue weighted by Gasteiger charge is -2.22. The first kappa shape index (κ1) is 13.5. The van der Waals surface area contributed by atoms with Gasteiger partial charge in [-0.05, 0) is 20.3 Å². The van der Waals surface area contributed by atoms with Crippen molar-refractivity contribution in [2.45, 2.75) is 20.3 Å². The summed E-state index contributed by atoms with van der Waals surface area (Å²) in [5.74, 6) is -2.38. The molecule has 0 aromatic carbocycles. The predicted octanol–water partition coefficient (Wildman–Crippen LogP) is -0.404. The molecule has 6 heteroatoms. The molecule has 0 spiro atoms. The van der Waals surface area contributed by atoms with Crippen molar-refractivity contribution in [3.8, 4) is 0 Å². The maximum Gasteiger partial charge on any atom is 0.307 e. The van der Waals surface area contributed by atoms with Crippen molar-refractivity contribution in [2.75, 3.05) is 13.6 Å². The summed E-state index contributed by atoms with van der Waals surface area (Å²) < 4.78 is 0. The topological polar surface area (TPSA) is 95.5 Å². The van der Waals surface area contributed by atoms with Crippen LogP contribution in [0.2, 0.25) is 0 Å². The van der Waals surface area contributed by atoms with Crippen molar-refractivity contribution in [3.05, 3.63) is 0 Å². The van der Waals surface area contributed by atoms with Crippen LogP contribution in [-0.2, 0) is 14.4 Å². The molecule has 0 aromatic rings. The molecule has 1 fully saturated rings. The number of carbonyl (C=O) groups is 3. The van der Waals surface area contributed by atoms with Gasteiger partial charge < -0.3 is 15.7 Å². The van der Waals surface area contributed by atoms with Gasteiger partial charge in [0, 0.05) is 13.6 Å². The minimum Gasteiger partial charge on any atom is -0.481 e. The molecule has 0 unspecified atom stereocenters. The standard InChI is InChI=1S/C11H18N2O4/c1-11(2,10(17)12-3)5-13-8(14)6-4-7(6)9(15)16/h6-7H,4-5H2,1-3H3,(H,12,17)(H,13,14)(H,15,16)/t6-,7+/m1/s1. The van der Waals surface area contributed by atoms with Gasteiger partial charge in [-0.15, -0.1) is 0 Å². The quantitative estimate of drug-likeness (QED) is 0.611. The number of carbonyl (C=O) groups excluding carboxylic acids is 2. The van der Waals surface area contributed by atoms with Crippen LogP contribution >= 0.6 is 0 Å². The lowest BCUT2D eigenvalue weighted by molar-refractivity contribution is -0.140. The average molecular weight is 242 g/mol. The molecule has 0 aromatic heterocycles. The van der Waals surface area contributed by atoms with Gasteiger partial charge in [0.25, 0.3) is 0 Å². The van der Waals surface area contributed by atoms with Crippen LogP contribution in [0.25, 0.3) is 0 Å². The highest BCUT2D eigenvalue weighted by Gasteiger charge is 2.48. The molecule has 96 valence electrons. The molecule has 0 aliphatic heterocycles. The Labute approximate surface area is 99.8 Å². The minimum absolute atomic E-state index is 0.164. The van der Waals surface area contributed by atoms with Crippen LogP contribution in [-0.4, -0.2) is 36.5 Å². The van der Waals surface area contributed by atoms with E-state index in [-0.39, 0.29) is 18.4 Å². The van der Waals surface area contributed by atoms with Crippen molar-refractivity contribution in [3.63, 3.8) is 0 Å². The number of aliphatic carboxylic acids is 1. The SMILES string of the molecule is CNC(=O)C(C)(C)CNC(=O)[C@@H]1C[C@@H]1C(=O)O. The number of amides is 2. The van der Waals surface area contributed by atoms with E-state index in [4.69, 9.17) is 5.11 Å². The summed E-state index contributed by atoms with van der Waals surface area (Å²) in [6, 6.07) is 0. The number of carboxylic acids is 1. The van der Waals surface area contributed by atoms with Crippen LogP contribution in [0.1, 0.15) is 20.3 Å². The van der Waals surface area contributed by atoms with E-state index >= 15 is 0 Å². The molecule has 2 amide bonds. The highest BCUT2D eigenvalue weighted by Crippen LogP contribution is 2.38. The van der Waals surface area contributed by atoms with E-state index in [1.807, 2.05) is 0 Å². The monoisotopic (exact) mass is 242 g/mol. The fourth-order valence-corrected chi connectivity index (χ4v) is 1.62. The van der Waals surface area contributed by atoms with E-state index in [1.54, 1.807) is 13.8 Å². The Balaban J connectivity index is 2.39. The zero-order valence-electron chi connectivity index (χ0n) is 10.2. The Hall–Kier alpha value is -1.59. The molecule has 0 bridgehead atoms. The molecule has 1 rings (SSSR count). The summed E-state index contributed by atoms with van der Waals surface area (Å²) in [5.41, 5.74) is -0.696. The van der Waals surface area contributed by atoms with Gasteiger partial charge in [-0.1, -0.05) is 0 Å². The maximum atomic E-state index is 11.6. The highest BCUT2D eigenvalue weighted by atomic mass is 16.4. The van der Waals surface area contributed by atoms with Crippen LogP contribution in [0.3, 0.4) is 0 Å². The number of rotatable bonds is 5. The molecule has 2 atom stereocenters. The lowest BCUT2D eigenvalue weighted by Crippen LogP contribution is -2.44. The first-order chi connectivity index (χ1) is 7.79. The Bertz CT molecular complexity index is 351. The van der Waals surface area contributed by atoms with Crippen molar-refractivity contribution >= 4 is 17.8 Å². The Morgan fingerprint density at radius 3 is 2.29 bits per heavy atom. The van der Waals surface area contributed by atoms with Gasteiger partial charge in [0.15, 0.2) is 0 Å². The lowest BCUT2D eigenvalue weighted by atomic mass is 9.92. The van der Waals surface area contributed by atoms with E-state index in [1.165, 1.54) is 7.05 Å². The van der Waals surface area contributed by atoms with Crippen molar-refractivity contribution in [1.82, 2.24) is 10.6 Å². The fraction of sp³-hybridized carbons (Fsp3) is 0.727. The van der Waals surface area contributed by atoms with E-state index in [9.17, 15) is 14.4 Å². The third kappa shape index (κ3) is 3.18. The first-order valence-corrected chi connectivity index (χ1v) is 5.52. The zero-order valence-corrected chi connectivity index (χ0v) is 10.2. The molecule has 3 N–H and O–H groups in total. The predicted molar refractivity (Wildman–Crippen MR) is 60.1 cm³/mol. The van der Waals surface area contributed by atoms with Crippen LogP contribution in [0.5, 0.6) is 0 Å². The van der Waals surface area contributed by atoms with Gasteiger partial charge in [-0.3, -0.25) is 14.4 Å². The third-order valence-electron chi connectivity index (χ3n) is 2.99. The molecule has 0 saturated heterocycles. The van der Waals surface area contributed by atoms with E-state index < -0.39 is 23.2 Å².